The molecule has 1 saturated carbocycles. The second-order valence-corrected chi connectivity index (χ2v) is 5.81. The van der Waals surface area contributed by atoms with Gasteiger partial charge in [-0.3, -0.25) is 4.79 Å². The SMILES string of the molecule is O=C(NCCc1nccs1)[C@H]1C[C@@H]1c1ccccc1. The van der Waals surface area contributed by atoms with Gasteiger partial charge in [0.15, 0.2) is 0 Å². The molecular formula is C15H16N2OS. The largest absolute Gasteiger partial charge is 0.355 e. The Bertz CT molecular complexity index is 539. The average Bonchev–Trinajstić information content (AvgIpc) is 3.09. The lowest BCUT2D eigenvalue weighted by molar-refractivity contribution is -0.122. The first-order valence-electron chi connectivity index (χ1n) is 6.55. The van der Waals surface area contributed by atoms with E-state index >= 15 is 0 Å². The molecule has 19 heavy (non-hydrogen) atoms. The first-order valence-corrected chi connectivity index (χ1v) is 7.43. The number of benzene rings is 1. The third-order valence-electron chi connectivity index (χ3n) is 3.48. The molecule has 0 spiro atoms. The molecule has 3 nitrogen and oxygen atoms in total. The summed E-state index contributed by atoms with van der Waals surface area (Å²) in [7, 11) is 0. The topological polar surface area (TPSA) is 42.0 Å². The number of aromatic nitrogens is 1. The summed E-state index contributed by atoms with van der Waals surface area (Å²) in [6.07, 6.45) is 3.60. The van der Waals surface area contributed by atoms with E-state index in [1.165, 1.54) is 5.56 Å². The van der Waals surface area contributed by atoms with E-state index in [1.807, 2.05) is 23.6 Å². The number of nitrogens with one attached hydrogen (secondary N) is 1. The van der Waals surface area contributed by atoms with Crippen molar-refractivity contribution in [1.29, 1.82) is 0 Å². The van der Waals surface area contributed by atoms with Crippen molar-refractivity contribution >= 4 is 17.2 Å². The zero-order valence-electron chi connectivity index (χ0n) is 10.6. The molecule has 1 fully saturated rings. The predicted molar refractivity (Wildman–Crippen MR) is 76.1 cm³/mol. The number of carbonyl (C=O) groups excluding carboxylic acids is 1. The van der Waals surface area contributed by atoms with E-state index in [4.69, 9.17) is 0 Å². The average molecular weight is 272 g/mol. The van der Waals surface area contributed by atoms with E-state index in [1.54, 1.807) is 17.5 Å². The molecule has 0 aliphatic heterocycles. The Balaban J connectivity index is 1.45. The van der Waals surface area contributed by atoms with E-state index in [-0.39, 0.29) is 11.8 Å². The van der Waals surface area contributed by atoms with Crippen LogP contribution in [0.5, 0.6) is 0 Å². The molecule has 0 unspecified atom stereocenters. The Morgan fingerprint density at radius 3 is 2.95 bits per heavy atom. The van der Waals surface area contributed by atoms with Crippen LogP contribution in [-0.2, 0) is 11.2 Å². The van der Waals surface area contributed by atoms with Crippen LogP contribution in [0, 0.1) is 5.92 Å². The van der Waals surface area contributed by atoms with Crippen molar-refractivity contribution in [2.75, 3.05) is 6.54 Å². The molecule has 1 heterocycles. The van der Waals surface area contributed by atoms with E-state index in [0.717, 1.165) is 17.8 Å². The third-order valence-corrected chi connectivity index (χ3v) is 4.32. The third kappa shape index (κ3) is 3.01. The molecule has 4 heteroatoms. The number of nitrogens with zero attached hydrogens (tertiary/aromatic N) is 1. The molecule has 0 bridgehead atoms. The van der Waals surface area contributed by atoms with Crippen LogP contribution in [0.1, 0.15) is 22.9 Å². The number of hydrogen-bond donors (Lipinski definition) is 1. The summed E-state index contributed by atoms with van der Waals surface area (Å²) in [5.41, 5.74) is 1.28. The number of hydrogen-bond acceptors (Lipinski definition) is 3. The lowest BCUT2D eigenvalue weighted by Crippen LogP contribution is -2.27. The fourth-order valence-electron chi connectivity index (χ4n) is 2.35. The molecule has 1 amide bonds. The van der Waals surface area contributed by atoms with Crippen molar-refractivity contribution in [2.24, 2.45) is 5.92 Å². The molecule has 1 aromatic heterocycles. The van der Waals surface area contributed by atoms with Crippen molar-refractivity contribution in [3.63, 3.8) is 0 Å². The molecule has 2 aromatic rings. The highest BCUT2D eigenvalue weighted by Crippen LogP contribution is 2.47. The van der Waals surface area contributed by atoms with Gasteiger partial charge in [-0.15, -0.1) is 11.3 Å². The van der Waals surface area contributed by atoms with Crippen LogP contribution >= 0.6 is 11.3 Å². The van der Waals surface area contributed by atoms with Gasteiger partial charge >= 0.3 is 0 Å². The lowest BCUT2D eigenvalue weighted by Gasteiger charge is -2.03. The Hall–Kier alpha value is -1.68. The Kier molecular flexibility index (Phi) is 3.60. The molecular weight excluding hydrogens is 256 g/mol. The summed E-state index contributed by atoms with van der Waals surface area (Å²) in [4.78, 5) is 16.2. The maximum Gasteiger partial charge on any atom is 0.223 e. The van der Waals surface area contributed by atoms with Crippen molar-refractivity contribution in [3.05, 3.63) is 52.5 Å². The molecule has 0 saturated heterocycles. The van der Waals surface area contributed by atoms with Crippen LogP contribution in [0.2, 0.25) is 0 Å². The van der Waals surface area contributed by atoms with E-state index in [2.05, 4.69) is 22.4 Å². The fourth-order valence-corrected chi connectivity index (χ4v) is 2.97. The summed E-state index contributed by atoms with van der Waals surface area (Å²) >= 11 is 1.63. The van der Waals surface area contributed by atoms with Crippen molar-refractivity contribution in [1.82, 2.24) is 10.3 Å². The molecule has 1 aliphatic carbocycles. The monoisotopic (exact) mass is 272 g/mol. The van der Waals surface area contributed by atoms with Crippen LogP contribution < -0.4 is 5.32 Å². The smallest absolute Gasteiger partial charge is 0.223 e. The lowest BCUT2D eigenvalue weighted by atomic mass is 10.1. The summed E-state index contributed by atoms with van der Waals surface area (Å²) in [6.45, 7) is 0.685. The summed E-state index contributed by atoms with van der Waals surface area (Å²) in [6, 6.07) is 10.3. The fraction of sp³-hybridized carbons (Fsp3) is 0.333. The van der Waals surface area contributed by atoms with Crippen molar-refractivity contribution in [2.45, 2.75) is 18.8 Å². The highest BCUT2D eigenvalue weighted by atomic mass is 32.1. The zero-order chi connectivity index (χ0) is 13.1. The minimum Gasteiger partial charge on any atom is -0.355 e. The maximum atomic E-state index is 12.0. The van der Waals surface area contributed by atoms with Crippen LogP contribution in [0.4, 0.5) is 0 Å². The molecule has 1 aromatic carbocycles. The summed E-state index contributed by atoms with van der Waals surface area (Å²) in [5, 5.41) is 6.05. The highest BCUT2D eigenvalue weighted by Gasteiger charge is 2.43. The van der Waals surface area contributed by atoms with Crippen molar-refractivity contribution in [3.8, 4) is 0 Å². The molecule has 3 rings (SSSR count). The zero-order valence-corrected chi connectivity index (χ0v) is 11.4. The Morgan fingerprint density at radius 1 is 1.37 bits per heavy atom. The first-order chi connectivity index (χ1) is 9.34. The van der Waals surface area contributed by atoms with Gasteiger partial charge < -0.3 is 5.32 Å². The highest BCUT2D eigenvalue weighted by molar-refractivity contribution is 7.09. The summed E-state index contributed by atoms with van der Waals surface area (Å²) in [5.74, 6) is 0.769. The van der Waals surface area contributed by atoms with Gasteiger partial charge in [0.1, 0.15) is 0 Å². The quantitative estimate of drug-likeness (QED) is 0.909. The van der Waals surface area contributed by atoms with Gasteiger partial charge in [0.2, 0.25) is 5.91 Å². The standard InChI is InChI=1S/C15H16N2OS/c18-15(17-7-6-14-16-8-9-19-14)13-10-12(13)11-4-2-1-3-5-11/h1-5,8-9,12-13H,6-7,10H2,(H,17,18)/t12-,13+/m1/s1. The van der Waals surface area contributed by atoms with E-state index in [0.29, 0.717) is 12.5 Å². The van der Waals surface area contributed by atoms with Crippen LogP contribution in [0.3, 0.4) is 0 Å². The van der Waals surface area contributed by atoms with Crippen LogP contribution in [0.25, 0.3) is 0 Å². The predicted octanol–water partition coefficient (Wildman–Crippen LogP) is 2.61. The van der Waals surface area contributed by atoms with Gasteiger partial charge in [0, 0.05) is 30.5 Å². The number of amides is 1. The Morgan fingerprint density at radius 2 is 2.21 bits per heavy atom. The van der Waals surface area contributed by atoms with Gasteiger partial charge in [0.05, 0.1) is 5.01 Å². The van der Waals surface area contributed by atoms with Crippen LogP contribution in [0.15, 0.2) is 41.9 Å². The molecule has 2 atom stereocenters. The van der Waals surface area contributed by atoms with Gasteiger partial charge in [-0.1, -0.05) is 30.3 Å². The number of carbonyl (C=O) groups is 1. The van der Waals surface area contributed by atoms with Gasteiger partial charge in [-0.05, 0) is 17.9 Å². The van der Waals surface area contributed by atoms with E-state index < -0.39 is 0 Å². The van der Waals surface area contributed by atoms with E-state index in [9.17, 15) is 4.79 Å². The minimum atomic E-state index is 0.165. The van der Waals surface area contributed by atoms with Gasteiger partial charge in [0.25, 0.3) is 0 Å². The number of rotatable bonds is 5. The van der Waals surface area contributed by atoms with Crippen LogP contribution in [-0.4, -0.2) is 17.4 Å². The molecule has 98 valence electrons. The van der Waals surface area contributed by atoms with Crippen molar-refractivity contribution < 1.29 is 4.79 Å². The normalized spacial score (nSPS) is 21.1. The Labute approximate surface area is 116 Å². The maximum absolute atomic E-state index is 12.0. The first kappa shape index (κ1) is 12.4. The minimum absolute atomic E-state index is 0.165. The second kappa shape index (κ2) is 5.53. The van der Waals surface area contributed by atoms with Gasteiger partial charge in [-0.25, -0.2) is 4.98 Å². The molecule has 1 N–H and O–H groups in total. The second-order valence-electron chi connectivity index (χ2n) is 4.83. The number of thiazole rings is 1. The molecule has 1 aliphatic rings. The van der Waals surface area contributed by atoms with Gasteiger partial charge in [-0.2, -0.15) is 0 Å². The summed E-state index contributed by atoms with van der Waals surface area (Å²) < 4.78 is 0. The molecule has 0 radical (unpaired) electrons.